The van der Waals surface area contributed by atoms with Crippen molar-refractivity contribution in [2.45, 2.75) is 47.2 Å². The van der Waals surface area contributed by atoms with Crippen molar-refractivity contribution in [3.63, 3.8) is 0 Å². The van der Waals surface area contributed by atoms with Gasteiger partial charge in [-0.1, -0.05) is 6.07 Å². The van der Waals surface area contributed by atoms with E-state index in [1.54, 1.807) is 30.9 Å². The molecule has 0 fully saturated rings. The second-order valence-corrected chi connectivity index (χ2v) is 7.37. The van der Waals surface area contributed by atoms with Crippen LogP contribution in [0.1, 0.15) is 37.2 Å². The zero-order valence-corrected chi connectivity index (χ0v) is 19.2. The monoisotopic (exact) mass is 456 g/mol. The molecule has 3 aromatic rings. The summed E-state index contributed by atoms with van der Waals surface area (Å²) in [5.74, 6) is 1.15. The Morgan fingerprint density at radius 3 is 2.58 bits per heavy atom. The summed E-state index contributed by atoms with van der Waals surface area (Å²) in [4.78, 5) is 23.0. The molecule has 0 bridgehead atoms. The van der Waals surface area contributed by atoms with Crippen molar-refractivity contribution in [2.24, 2.45) is 0 Å². The molecule has 0 aliphatic rings. The van der Waals surface area contributed by atoms with Crippen LogP contribution in [0.15, 0.2) is 30.6 Å². The van der Waals surface area contributed by atoms with Crippen molar-refractivity contribution in [1.82, 2.24) is 19.6 Å². The van der Waals surface area contributed by atoms with E-state index in [1.807, 2.05) is 32.0 Å². The summed E-state index contributed by atoms with van der Waals surface area (Å²) in [5.41, 5.74) is 2.30. The predicted octanol–water partition coefficient (Wildman–Crippen LogP) is 3.48. The largest absolute Gasteiger partial charge is 0.490 e. The minimum Gasteiger partial charge on any atom is -0.490 e. The third-order valence-corrected chi connectivity index (χ3v) is 4.95. The summed E-state index contributed by atoms with van der Waals surface area (Å²) >= 11 is 0. The normalized spacial score (nSPS) is 10.8. The van der Waals surface area contributed by atoms with Gasteiger partial charge < -0.3 is 14.8 Å². The number of carbonyl (C=O) groups is 1. The minimum atomic E-state index is -0.454. The van der Waals surface area contributed by atoms with Crippen molar-refractivity contribution in [3.05, 3.63) is 57.7 Å². The topological polar surface area (TPSA) is 126 Å². The first-order valence-electron chi connectivity index (χ1n) is 10.7. The van der Waals surface area contributed by atoms with E-state index < -0.39 is 4.92 Å². The van der Waals surface area contributed by atoms with Crippen molar-refractivity contribution >= 4 is 17.3 Å². The van der Waals surface area contributed by atoms with E-state index in [9.17, 15) is 14.9 Å². The molecular weight excluding hydrogens is 428 g/mol. The van der Waals surface area contributed by atoms with Crippen LogP contribution in [-0.4, -0.2) is 43.6 Å². The average molecular weight is 457 g/mol. The number of rotatable bonds is 11. The molecule has 0 saturated carbocycles. The predicted molar refractivity (Wildman–Crippen MR) is 122 cm³/mol. The Balaban J connectivity index is 1.58. The Kier molecular flexibility index (Phi) is 7.65. The Morgan fingerprint density at radius 1 is 1.18 bits per heavy atom. The van der Waals surface area contributed by atoms with E-state index in [4.69, 9.17) is 9.47 Å². The van der Waals surface area contributed by atoms with Gasteiger partial charge in [-0.05, 0) is 45.4 Å². The second-order valence-electron chi connectivity index (χ2n) is 7.37. The second kappa shape index (κ2) is 10.6. The number of ether oxygens (including phenoxy) is 2. The quantitative estimate of drug-likeness (QED) is 0.346. The van der Waals surface area contributed by atoms with Gasteiger partial charge >= 0.3 is 5.69 Å². The number of nitro groups is 1. The van der Waals surface area contributed by atoms with Gasteiger partial charge in [0.15, 0.2) is 11.5 Å². The van der Waals surface area contributed by atoms with E-state index in [2.05, 4.69) is 15.5 Å². The lowest BCUT2D eigenvalue weighted by Gasteiger charge is -2.12. The summed E-state index contributed by atoms with van der Waals surface area (Å²) in [6.07, 6.45) is 3.44. The average Bonchev–Trinajstić information content (AvgIpc) is 3.31. The summed E-state index contributed by atoms with van der Waals surface area (Å²) in [5, 5.41) is 22.4. The summed E-state index contributed by atoms with van der Waals surface area (Å²) in [7, 11) is 0. The molecule has 0 aliphatic heterocycles. The van der Waals surface area contributed by atoms with Gasteiger partial charge in [0, 0.05) is 12.6 Å². The lowest BCUT2D eigenvalue weighted by Crippen LogP contribution is -2.15. The van der Waals surface area contributed by atoms with Gasteiger partial charge in [-0.3, -0.25) is 24.3 Å². The smallest absolute Gasteiger partial charge is 0.312 e. The molecule has 2 aromatic heterocycles. The highest BCUT2D eigenvalue weighted by molar-refractivity contribution is 5.90. The van der Waals surface area contributed by atoms with E-state index in [0.717, 1.165) is 5.56 Å². The minimum absolute atomic E-state index is 0.0153. The summed E-state index contributed by atoms with van der Waals surface area (Å²) in [6.45, 7) is 8.87. The van der Waals surface area contributed by atoms with Crippen molar-refractivity contribution in [1.29, 1.82) is 0 Å². The zero-order valence-electron chi connectivity index (χ0n) is 19.2. The maximum Gasteiger partial charge on any atom is 0.312 e. The first kappa shape index (κ1) is 23.8. The highest BCUT2D eigenvalue weighted by Crippen LogP contribution is 2.29. The molecule has 33 heavy (non-hydrogen) atoms. The lowest BCUT2D eigenvalue weighted by atomic mass is 10.2. The molecule has 0 saturated heterocycles. The summed E-state index contributed by atoms with van der Waals surface area (Å²) in [6, 6.07) is 5.74. The molecule has 1 N–H and O–H groups in total. The Hall–Kier alpha value is -3.89. The Morgan fingerprint density at radius 2 is 1.91 bits per heavy atom. The van der Waals surface area contributed by atoms with Crippen molar-refractivity contribution < 1.29 is 19.2 Å². The molecule has 0 radical (unpaired) electrons. The molecule has 0 atom stereocenters. The van der Waals surface area contributed by atoms with Crippen LogP contribution >= 0.6 is 0 Å². The van der Waals surface area contributed by atoms with E-state index >= 15 is 0 Å². The van der Waals surface area contributed by atoms with Gasteiger partial charge in [0.2, 0.25) is 5.91 Å². The number of anilines is 1. The lowest BCUT2D eigenvalue weighted by molar-refractivity contribution is -0.386. The van der Waals surface area contributed by atoms with Crippen LogP contribution in [0, 0.1) is 24.0 Å². The SMILES string of the molecule is CCOc1ccc(Cn2cc(NC(=O)CCn3nc(C)c([N+](=O)[O-])c3C)cn2)cc1OCC. The number of aryl methyl sites for hydroxylation is 2. The number of aromatic nitrogens is 4. The Labute approximate surface area is 191 Å². The van der Waals surface area contributed by atoms with Gasteiger partial charge in [-0.2, -0.15) is 10.2 Å². The third kappa shape index (κ3) is 5.88. The van der Waals surface area contributed by atoms with Crippen LogP contribution in [0.5, 0.6) is 11.5 Å². The number of nitrogens with one attached hydrogen (secondary N) is 1. The van der Waals surface area contributed by atoms with Crippen LogP contribution in [0.4, 0.5) is 11.4 Å². The van der Waals surface area contributed by atoms with Gasteiger partial charge in [-0.15, -0.1) is 0 Å². The van der Waals surface area contributed by atoms with Crippen molar-refractivity contribution in [2.75, 3.05) is 18.5 Å². The van der Waals surface area contributed by atoms with Gasteiger partial charge in [0.05, 0.1) is 43.1 Å². The van der Waals surface area contributed by atoms with E-state index in [1.165, 1.54) is 4.68 Å². The molecule has 0 aliphatic carbocycles. The number of hydrogen-bond acceptors (Lipinski definition) is 7. The zero-order chi connectivity index (χ0) is 24.0. The molecule has 3 rings (SSSR count). The fourth-order valence-electron chi connectivity index (χ4n) is 3.50. The van der Waals surface area contributed by atoms with E-state index in [-0.39, 0.29) is 24.6 Å². The van der Waals surface area contributed by atoms with Crippen LogP contribution in [-0.2, 0) is 17.9 Å². The highest BCUT2D eigenvalue weighted by Gasteiger charge is 2.21. The fraction of sp³-hybridized carbons (Fsp3) is 0.409. The molecule has 1 amide bonds. The van der Waals surface area contributed by atoms with E-state index in [0.29, 0.717) is 48.3 Å². The van der Waals surface area contributed by atoms with Gasteiger partial charge in [-0.25, -0.2) is 0 Å². The van der Waals surface area contributed by atoms with Crippen LogP contribution in [0.25, 0.3) is 0 Å². The van der Waals surface area contributed by atoms with Crippen LogP contribution < -0.4 is 14.8 Å². The number of carbonyl (C=O) groups excluding carboxylic acids is 1. The van der Waals surface area contributed by atoms with Gasteiger partial charge in [0.1, 0.15) is 11.4 Å². The van der Waals surface area contributed by atoms with Crippen LogP contribution in [0.3, 0.4) is 0 Å². The first-order valence-corrected chi connectivity index (χ1v) is 10.7. The standard InChI is InChI=1S/C22H28N6O5/c1-5-32-19-8-7-17(11-20(19)33-6-2)13-26-14-18(12-23-26)24-21(29)9-10-27-16(4)22(28(30)31)15(3)25-27/h7-8,11-12,14H,5-6,9-10,13H2,1-4H3,(H,24,29). The van der Waals surface area contributed by atoms with Gasteiger partial charge in [0.25, 0.3) is 0 Å². The molecule has 0 spiro atoms. The molecule has 176 valence electrons. The number of amides is 1. The Bertz CT molecular complexity index is 1140. The molecular formula is C22H28N6O5. The first-order chi connectivity index (χ1) is 15.8. The summed E-state index contributed by atoms with van der Waals surface area (Å²) < 4.78 is 14.5. The maximum atomic E-state index is 12.4. The number of hydrogen-bond donors (Lipinski definition) is 1. The van der Waals surface area contributed by atoms with Crippen LogP contribution in [0.2, 0.25) is 0 Å². The fourth-order valence-corrected chi connectivity index (χ4v) is 3.50. The maximum absolute atomic E-state index is 12.4. The molecule has 2 heterocycles. The molecule has 11 heteroatoms. The third-order valence-electron chi connectivity index (χ3n) is 4.95. The number of benzene rings is 1. The highest BCUT2D eigenvalue weighted by atomic mass is 16.6. The molecule has 1 aromatic carbocycles. The molecule has 0 unspecified atom stereocenters. The number of nitrogens with zero attached hydrogens (tertiary/aromatic N) is 5. The van der Waals surface area contributed by atoms with Crippen molar-refractivity contribution in [3.8, 4) is 11.5 Å². The molecule has 11 nitrogen and oxygen atoms in total.